The fraction of sp³-hybridized carbons (Fsp3) is 0.368. The van der Waals surface area contributed by atoms with Crippen molar-refractivity contribution < 1.29 is 0 Å². The molecule has 0 saturated heterocycles. The zero-order chi connectivity index (χ0) is 15.1. The maximum absolute atomic E-state index is 6.28. The molecule has 2 aromatic rings. The van der Waals surface area contributed by atoms with Crippen LogP contribution in [0.3, 0.4) is 0 Å². The molecule has 0 saturated carbocycles. The SMILES string of the molecule is CCNC(CCc1ccccc1C)Cc1ccccc1Cl. The second-order valence-electron chi connectivity index (χ2n) is 5.52. The molecule has 0 aliphatic rings. The van der Waals surface area contributed by atoms with Crippen LogP contribution in [0, 0.1) is 6.92 Å². The highest BCUT2D eigenvalue weighted by molar-refractivity contribution is 6.31. The van der Waals surface area contributed by atoms with Gasteiger partial charge in [-0.05, 0) is 55.5 Å². The normalized spacial score (nSPS) is 12.3. The van der Waals surface area contributed by atoms with Crippen molar-refractivity contribution >= 4 is 11.6 Å². The summed E-state index contributed by atoms with van der Waals surface area (Å²) in [6.07, 6.45) is 3.22. The summed E-state index contributed by atoms with van der Waals surface area (Å²) in [5.41, 5.74) is 4.06. The first-order chi connectivity index (χ1) is 10.2. The van der Waals surface area contributed by atoms with E-state index >= 15 is 0 Å². The highest BCUT2D eigenvalue weighted by atomic mass is 35.5. The number of hydrogen-bond donors (Lipinski definition) is 1. The summed E-state index contributed by atoms with van der Waals surface area (Å²) in [5.74, 6) is 0. The number of aryl methyl sites for hydroxylation is 2. The van der Waals surface area contributed by atoms with Crippen LogP contribution in [0.2, 0.25) is 5.02 Å². The maximum atomic E-state index is 6.28. The van der Waals surface area contributed by atoms with E-state index in [4.69, 9.17) is 11.6 Å². The van der Waals surface area contributed by atoms with Crippen molar-refractivity contribution in [2.45, 2.75) is 39.2 Å². The third-order valence-corrected chi connectivity index (χ3v) is 4.31. The molecule has 1 nitrogen and oxygen atoms in total. The Balaban J connectivity index is 1.99. The predicted molar refractivity (Wildman–Crippen MR) is 92.1 cm³/mol. The van der Waals surface area contributed by atoms with Gasteiger partial charge >= 0.3 is 0 Å². The number of likely N-dealkylation sites (N-methyl/N-ethyl adjacent to an activating group) is 1. The smallest absolute Gasteiger partial charge is 0.0438 e. The van der Waals surface area contributed by atoms with Crippen molar-refractivity contribution in [2.24, 2.45) is 0 Å². The highest BCUT2D eigenvalue weighted by Gasteiger charge is 2.11. The molecule has 2 rings (SSSR count). The number of nitrogens with one attached hydrogen (secondary N) is 1. The molecule has 0 aliphatic carbocycles. The average molecular weight is 302 g/mol. The molecule has 0 fully saturated rings. The monoisotopic (exact) mass is 301 g/mol. The Bertz CT molecular complexity index is 565. The predicted octanol–water partition coefficient (Wildman–Crippen LogP) is 4.80. The summed E-state index contributed by atoms with van der Waals surface area (Å²) >= 11 is 6.28. The van der Waals surface area contributed by atoms with Crippen LogP contribution in [-0.4, -0.2) is 12.6 Å². The molecule has 112 valence electrons. The molecular weight excluding hydrogens is 278 g/mol. The van der Waals surface area contributed by atoms with Crippen LogP contribution in [-0.2, 0) is 12.8 Å². The lowest BCUT2D eigenvalue weighted by Gasteiger charge is -2.19. The van der Waals surface area contributed by atoms with Crippen molar-refractivity contribution in [1.82, 2.24) is 5.32 Å². The van der Waals surface area contributed by atoms with Gasteiger partial charge in [-0.15, -0.1) is 0 Å². The fourth-order valence-electron chi connectivity index (χ4n) is 2.71. The van der Waals surface area contributed by atoms with Crippen molar-refractivity contribution in [3.05, 3.63) is 70.2 Å². The first-order valence-electron chi connectivity index (χ1n) is 7.72. The molecule has 0 spiro atoms. The first-order valence-corrected chi connectivity index (χ1v) is 8.09. The van der Waals surface area contributed by atoms with Crippen LogP contribution in [0.4, 0.5) is 0 Å². The van der Waals surface area contributed by atoms with Crippen LogP contribution in [0.1, 0.15) is 30.0 Å². The topological polar surface area (TPSA) is 12.0 Å². The van der Waals surface area contributed by atoms with Crippen molar-refractivity contribution in [1.29, 1.82) is 0 Å². The highest BCUT2D eigenvalue weighted by Crippen LogP contribution is 2.19. The summed E-state index contributed by atoms with van der Waals surface area (Å²) in [4.78, 5) is 0. The van der Waals surface area contributed by atoms with E-state index in [-0.39, 0.29) is 0 Å². The molecule has 1 N–H and O–H groups in total. The van der Waals surface area contributed by atoms with Crippen molar-refractivity contribution in [3.63, 3.8) is 0 Å². The summed E-state index contributed by atoms with van der Waals surface area (Å²) in [6, 6.07) is 17.3. The van der Waals surface area contributed by atoms with Gasteiger partial charge in [-0.2, -0.15) is 0 Å². The van der Waals surface area contributed by atoms with E-state index < -0.39 is 0 Å². The van der Waals surface area contributed by atoms with Crippen LogP contribution >= 0.6 is 11.6 Å². The van der Waals surface area contributed by atoms with Gasteiger partial charge in [0, 0.05) is 11.1 Å². The first kappa shape index (κ1) is 16.1. The van der Waals surface area contributed by atoms with Gasteiger partial charge in [0.2, 0.25) is 0 Å². The second-order valence-corrected chi connectivity index (χ2v) is 5.92. The molecule has 0 bridgehead atoms. The Kier molecular flexibility index (Phi) is 6.28. The molecule has 0 aliphatic heterocycles. The standard InChI is InChI=1S/C19H24ClN/c1-3-21-18(14-17-10-6-7-11-19(17)20)13-12-16-9-5-4-8-15(16)2/h4-11,18,21H,3,12-14H2,1-2H3. The van der Waals surface area contributed by atoms with Crippen LogP contribution in [0.5, 0.6) is 0 Å². The van der Waals surface area contributed by atoms with Gasteiger partial charge in [-0.1, -0.05) is 61.0 Å². The maximum Gasteiger partial charge on any atom is 0.0438 e. The number of rotatable bonds is 7. The molecule has 1 unspecified atom stereocenters. The quantitative estimate of drug-likeness (QED) is 0.774. The van der Waals surface area contributed by atoms with Crippen molar-refractivity contribution in [3.8, 4) is 0 Å². The molecule has 0 heterocycles. The van der Waals surface area contributed by atoms with Gasteiger partial charge in [0.15, 0.2) is 0 Å². The second kappa shape index (κ2) is 8.21. The van der Waals surface area contributed by atoms with Crippen LogP contribution < -0.4 is 5.32 Å². The van der Waals surface area contributed by atoms with E-state index in [0.29, 0.717) is 6.04 Å². The Morgan fingerprint density at radius 2 is 1.67 bits per heavy atom. The molecule has 2 heteroatoms. The van der Waals surface area contributed by atoms with E-state index in [1.54, 1.807) is 0 Å². The summed E-state index contributed by atoms with van der Waals surface area (Å²) in [7, 11) is 0. The van der Waals surface area contributed by atoms with Crippen molar-refractivity contribution in [2.75, 3.05) is 6.54 Å². The third kappa shape index (κ3) is 4.87. The summed E-state index contributed by atoms with van der Waals surface area (Å²) in [6.45, 7) is 5.34. The lowest BCUT2D eigenvalue weighted by molar-refractivity contribution is 0.491. The third-order valence-electron chi connectivity index (χ3n) is 3.94. The van der Waals surface area contributed by atoms with Gasteiger partial charge in [-0.3, -0.25) is 0 Å². The van der Waals surface area contributed by atoms with E-state index in [1.165, 1.54) is 16.7 Å². The lowest BCUT2D eigenvalue weighted by Crippen LogP contribution is -2.31. The van der Waals surface area contributed by atoms with Gasteiger partial charge in [0.25, 0.3) is 0 Å². The minimum Gasteiger partial charge on any atom is -0.314 e. The van der Waals surface area contributed by atoms with Gasteiger partial charge in [0.1, 0.15) is 0 Å². The Hall–Kier alpha value is -1.31. The molecule has 0 radical (unpaired) electrons. The Labute approximate surface area is 133 Å². The zero-order valence-electron chi connectivity index (χ0n) is 12.9. The minimum atomic E-state index is 0.467. The van der Waals surface area contributed by atoms with Gasteiger partial charge < -0.3 is 5.32 Å². The number of halogens is 1. The van der Waals surface area contributed by atoms with E-state index in [2.05, 4.69) is 55.6 Å². The van der Waals surface area contributed by atoms with Gasteiger partial charge in [0.05, 0.1) is 0 Å². The van der Waals surface area contributed by atoms with E-state index in [1.807, 2.05) is 12.1 Å². The van der Waals surface area contributed by atoms with Crippen LogP contribution in [0.15, 0.2) is 48.5 Å². The van der Waals surface area contributed by atoms with E-state index in [9.17, 15) is 0 Å². The zero-order valence-corrected chi connectivity index (χ0v) is 13.7. The molecule has 2 aromatic carbocycles. The minimum absolute atomic E-state index is 0.467. The molecule has 0 amide bonds. The average Bonchev–Trinajstić information content (AvgIpc) is 2.48. The fourth-order valence-corrected chi connectivity index (χ4v) is 2.93. The Morgan fingerprint density at radius 1 is 1.00 bits per heavy atom. The van der Waals surface area contributed by atoms with E-state index in [0.717, 1.165) is 30.8 Å². The largest absolute Gasteiger partial charge is 0.314 e. The van der Waals surface area contributed by atoms with Gasteiger partial charge in [-0.25, -0.2) is 0 Å². The summed E-state index contributed by atoms with van der Waals surface area (Å²) in [5, 5.41) is 4.46. The molecule has 0 aromatic heterocycles. The lowest BCUT2D eigenvalue weighted by atomic mass is 9.97. The molecule has 21 heavy (non-hydrogen) atoms. The number of hydrogen-bond acceptors (Lipinski definition) is 1. The van der Waals surface area contributed by atoms with Crippen LogP contribution in [0.25, 0.3) is 0 Å². The summed E-state index contributed by atoms with van der Waals surface area (Å²) < 4.78 is 0. The number of benzene rings is 2. The molecular formula is C19H24ClN. The molecule has 1 atom stereocenters. The Morgan fingerprint density at radius 3 is 2.33 bits per heavy atom.